The Labute approximate surface area is 236 Å². The van der Waals surface area contributed by atoms with E-state index in [9.17, 15) is 0 Å². The van der Waals surface area contributed by atoms with Gasteiger partial charge in [0.25, 0.3) is 0 Å². The Morgan fingerprint density at radius 1 is 1.02 bits per heavy atom. The van der Waals surface area contributed by atoms with E-state index in [-0.39, 0.29) is 0 Å². The van der Waals surface area contributed by atoms with Crippen molar-refractivity contribution in [1.82, 2.24) is 34.3 Å². The van der Waals surface area contributed by atoms with Gasteiger partial charge in [-0.25, -0.2) is 15.0 Å². The minimum absolute atomic E-state index is 0.365. The first kappa shape index (κ1) is 23.9. The highest BCUT2D eigenvalue weighted by Gasteiger charge is 2.47. The molecule has 41 heavy (non-hydrogen) atoms. The molecule has 6 aromatic rings. The third-order valence-electron chi connectivity index (χ3n) is 8.51. The van der Waals surface area contributed by atoms with Gasteiger partial charge < -0.3 is 15.4 Å². The monoisotopic (exact) mass is 543 g/mol. The first-order chi connectivity index (χ1) is 20.0. The Morgan fingerprint density at radius 2 is 1.90 bits per heavy atom. The summed E-state index contributed by atoms with van der Waals surface area (Å²) < 4.78 is 9.95. The number of anilines is 2. The summed E-state index contributed by atoms with van der Waals surface area (Å²) in [4.78, 5) is 20.6. The number of nitrogen functional groups attached to an aromatic ring is 1. The van der Waals surface area contributed by atoms with Gasteiger partial charge in [0.2, 0.25) is 0 Å². The summed E-state index contributed by atoms with van der Waals surface area (Å²) in [5.74, 6) is 2.24. The molecule has 2 N–H and O–H groups in total. The summed E-state index contributed by atoms with van der Waals surface area (Å²) in [6.45, 7) is 2.62. The van der Waals surface area contributed by atoms with Crippen molar-refractivity contribution in [3.8, 4) is 22.7 Å². The zero-order valence-corrected chi connectivity index (χ0v) is 22.7. The van der Waals surface area contributed by atoms with Crippen molar-refractivity contribution in [2.75, 3.05) is 23.7 Å². The van der Waals surface area contributed by atoms with Crippen LogP contribution in [0, 0.1) is 5.41 Å². The average Bonchev–Trinajstić information content (AvgIpc) is 3.55. The maximum Gasteiger partial charge on any atom is 0.150 e. The molecule has 8 rings (SSSR count). The van der Waals surface area contributed by atoms with E-state index in [1.54, 1.807) is 10.9 Å². The normalized spacial score (nSPS) is 15.8. The molecule has 1 saturated carbocycles. The number of pyridine rings is 2. The van der Waals surface area contributed by atoms with Gasteiger partial charge in [-0.2, -0.15) is 5.10 Å². The fourth-order valence-electron chi connectivity index (χ4n) is 6.16. The quantitative estimate of drug-likeness (QED) is 0.315. The van der Waals surface area contributed by atoms with E-state index < -0.39 is 0 Å². The standard InChI is InChI=1S/C31H29N9O/c1-38-10-7-25(37-38)24-15-40(30-28(24)29(32)34-19-35-30)22-11-20(13-33-14-22)16-41-23-5-3-21-4-6-27(36-26(21)12-23)39-17-31(18-39)8-2-9-31/h3-7,10-15,19H,2,8-9,16-18H2,1H3,(H2,32,34,35). The predicted octanol–water partition coefficient (Wildman–Crippen LogP) is 4.92. The molecule has 2 fully saturated rings. The van der Waals surface area contributed by atoms with Gasteiger partial charge >= 0.3 is 0 Å². The van der Waals surface area contributed by atoms with Gasteiger partial charge in [0.05, 0.1) is 28.5 Å². The van der Waals surface area contributed by atoms with Gasteiger partial charge in [0, 0.05) is 66.7 Å². The van der Waals surface area contributed by atoms with E-state index in [1.807, 2.05) is 54.5 Å². The molecule has 0 amide bonds. The topological polar surface area (TPSA) is 113 Å². The van der Waals surface area contributed by atoms with Crippen molar-refractivity contribution in [2.24, 2.45) is 12.5 Å². The lowest BCUT2D eigenvalue weighted by molar-refractivity contribution is 0.0897. The molecule has 6 heterocycles. The number of nitrogens with zero attached hydrogens (tertiary/aromatic N) is 8. The lowest BCUT2D eigenvalue weighted by Crippen LogP contribution is -2.60. The number of aromatic nitrogens is 7. The lowest BCUT2D eigenvalue weighted by atomic mass is 9.63. The number of hydrogen-bond donors (Lipinski definition) is 1. The molecule has 1 aliphatic carbocycles. The van der Waals surface area contributed by atoms with Gasteiger partial charge in [-0.15, -0.1) is 0 Å². The van der Waals surface area contributed by atoms with E-state index in [2.05, 4.69) is 43.1 Å². The summed E-state index contributed by atoms with van der Waals surface area (Å²) in [5.41, 5.74) is 11.9. The van der Waals surface area contributed by atoms with Crippen molar-refractivity contribution in [3.63, 3.8) is 0 Å². The van der Waals surface area contributed by atoms with E-state index in [4.69, 9.17) is 15.5 Å². The third kappa shape index (κ3) is 4.05. The highest BCUT2D eigenvalue weighted by molar-refractivity contribution is 6.00. The Hall–Kier alpha value is -4.99. The Bertz CT molecular complexity index is 1930. The van der Waals surface area contributed by atoms with Gasteiger partial charge in [-0.1, -0.05) is 6.42 Å². The molecule has 0 bridgehead atoms. The van der Waals surface area contributed by atoms with Crippen LogP contribution >= 0.6 is 0 Å². The number of hydrogen-bond acceptors (Lipinski definition) is 8. The predicted molar refractivity (Wildman–Crippen MR) is 158 cm³/mol. The van der Waals surface area contributed by atoms with Crippen LogP contribution in [0.4, 0.5) is 11.6 Å². The maximum absolute atomic E-state index is 6.29. The van der Waals surface area contributed by atoms with Crippen LogP contribution in [0.5, 0.6) is 5.75 Å². The highest BCUT2D eigenvalue weighted by atomic mass is 16.5. The third-order valence-corrected chi connectivity index (χ3v) is 8.51. The van der Waals surface area contributed by atoms with Crippen molar-refractivity contribution >= 4 is 33.6 Å². The minimum Gasteiger partial charge on any atom is -0.489 e. The SMILES string of the molecule is Cn1ccc(-c2cn(-c3cncc(COc4ccc5ccc(N6CC7(CCC7)C6)nc5c4)c3)c3ncnc(N)c23)n1. The number of rotatable bonds is 6. The van der Waals surface area contributed by atoms with Crippen molar-refractivity contribution in [3.05, 3.63) is 79.1 Å². The summed E-state index contributed by atoms with van der Waals surface area (Å²) in [5, 5.41) is 6.43. The van der Waals surface area contributed by atoms with Crippen LogP contribution in [-0.2, 0) is 13.7 Å². The van der Waals surface area contributed by atoms with Gasteiger partial charge in [0.15, 0.2) is 5.65 Å². The molecule has 204 valence electrons. The van der Waals surface area contributed by atoms with Crippen LogP contribution in [0.2, 0.25) is 0 Å². The van der Waals surface area contributed by atoms with Crippen molar-refractivity contribution in [1.29, 1.82) is 0 Å². The maximum atomic E-state index is 6.29. The molecule has 1 aliphatic heterocycles. The molecule has 2 aliphatic rings. The number of fused-ring (bicyclic) bond motifs is 2. The first-order valence-electron chi connectivity index (χ1n) is 13.9. The smallest absolute Gasteiger partial charge is 0.150 e. The second-order valence-electron chi connectivity index (χ2n) is 11.3. The molecular formula is C31H29N9O. The summed E-state index contributed by atoms with van der Waals surface area (Å²) in [7, 11) is 1.89. The molecule has 10 nitrogen and oxygen atoms in total. The summed E-state index contributed by atoms with van der Waals surface area (Å²) in [6.07, 6.45) is 13.1. The van der Waals surface area contributed by atoms with E-state index in [0.717, 1.165) is 63.5 Å². The average molecular weight is 544 g/mol. The molecule has 1 saturated heterocycles. The van der Waals surface area contributed by atoms with Crippen LogP contribution in [0.15, 0.2) is 73.6 Å². The van der Waals surface area contributed by atoms with Crippen LogP contribution in [0.1, 0.15) is 24.8 Å². The molecule has 5 aromatic heterocycles. The largest absolute Gasteiger partial charge is 0.489 e. The first-order valence-corrected chi connectivity index (χ1v) is 13.9. The van der Waals surface area contributed by atoms with Crippen LogP contribution in [-0.4, -0.2) is 47.4 Å². The fraction of sp³-hybridized carbons (Fsp3) is 0.258. The molecule has 0 unspecified atom stereocenters. The summed E-state index contributed by atoms with van der Waals surface area (Å²) in [6, 6.07) is 14.4. The van der Waals surface area contributed by atoms with Gasteiger partial charge in [-0.05, 0) is 49.2 Å². The van der Waals surface area contributed by atoms with Crippen LogP contribution in [0.3, 0.4) is 0 Å². The van der Waals surface area contributed by atoms with E-state index in [0.29, 0.717) is 23.5 Å². The molecule has 1 spiro atoms. The highest BCUT2D eigenvalue weighted by Crippen LogP contribution is 2.49. The Kier molecular flexibility index (Phi) is 5.25. The number of ether oxygens (including phenoxy) is 1. The zero-order chi connectivity index (χ0) is 27.6. The Balaban J connectivity index is 1.05. The van der Waals surface area contributed by atoms with Crippen molar-refractivity contribution < 1.29 is 4.74 Å². The van der Waals surface area contributed by atoms with Crippen LogP contribution < -0.4 is 15.4 Å². The van der Waals surface area contributed by atoms with Crippen molar-refractivity contribution in [2.45, 2.75) is 25.9 Å². The second kappa shape index (κ2) is 9.02. The number of aryl methyl sites for hydroxylation is 1. The molecule has 0 radical (unpaired) electrons. The number of nitrogens with two attached hydrogens (primary N) is 1. The van der Waals surface area contributed by atoms with Crippen LogP contribution in [0.25, 0.3) is 38.9 Å². The lowest BCUT2D eigenvalue weighted by Gasteiger charge is -2.56. The second-order valence-corrected chi connectivity index (χ2v) is 11.3. The molecule has 10 heteroatoms. The molecular weight excluding hydrogens is 514 g/mol. The molecule has 1 aromatic carbocycles. The van der Waals surface area contributed by atoms with Gasteiger partial charge in [0.1, 0.15) is 30.3 Å². The Morgan fingerprint density at radius 3 is 2.71 bits per heavy atom. The van der Waals surface area contributed by atoms with E-state index >= 15 is 0 Å². The zero-order valence-electron chi connectivity index (χ0n) is 22.7. The van der Waals surface area contributed by atoms with E-state index in [1.165, 1.54) is 25.6 Å². The van der Waals surface area contributed by atoms with Gasteiger partial charge in [-0.3, -0.25) is 14.2 Å². The summed E-state index contributed by atoms with van der Waals surface area (Å²) >= 11 is 0. The minimum atomic E-state index is 0.365. The number of benzene rings is 1. The molecule has 0 atom stereocenters. The fourth-order valence-corrected chi connectivity index (χ4v) is 6.16.